The summed E-state index contributed by atoms with van der Waals surface area (Å²) in [5.74, 6) is 0.352. The zero-order valence-corrected chi connectivity index (χ0v) is 21.9. The number of aromatic nitrogens is 1. The first-order valence-corrected chi connectivity index (χ1v) is 12.9. The van der Waals surface area contributed by atoms with E-state index in [-0.39, 0.29) is 5.78 Å². The summed E-state index contributed by atoms with van der Waals surface area (Å²) in [6.07, 6.45) is 4.84. The Bertz CT molecular complexity index is 1690. The van der Waals surface area contributed by atoms with Gasteiger partial charge in [0.25, 0.3) is 0 Å². The topological polar surface area (TPSA) is 85.7 Å². The summed E-state index contributed by atoms with van der Waals surface area (Å²) in [4.78, 5) is 29.3. The number of pyridine rings is 1. The number of fused-ring (bicyclic) bond motifs is 1. The van der Waals surface area contributed by atoms with E-state index in [1.165, 1.54) is 6.08 Å². The van der Waals surface area contributed by atoms with Gasteiger partial charge in [-0.2, -0.15) is 0 Å². The van der Waals surface area contributed by atoms with E-state index < -0.39 is 5.97 Å². The molecular formula is C34H27NO5. The molecule has 0 radical (unpaired) electrons. The summed E-state index contributed by atoms with van der Waals surface area (Å²) in [7, 11) is 0. The molecule has 0 saturated carbocycles. The first-order valence-electron chi connectivity index (χ1n) is 12.9. The molecule has 0 aliphatic heterocycles. The normalized spacial score (nSPS) is 11.0. The van der Waals surface area contributed by atoms with Gasteiger partial charge in [0, 0.05) is 29.3 Å². The molecule has 0 spiro atoms. The molecule has 0 unspecified atom stereocenters. The molecule has 4 aromatic carbocycles. The number of hydrogen-bond donors (Lipinski definition) is 1. The second-order valence-electron chi connectivity index (χ2n) is 9.14. The second-order valence-corrected chi connectivity index (χ2v) is 9.14. The highest BCUT2D eigenvalue weighted by atomic mass is 16.5. The van der Waals surface area contributed by atoms with Crippen molar-refractivity contribution in [3.63, 3.8) is 0 Å². The van der Waals surface area contributed by atoms with Gasteiger partial charge in [-0.15, -0.1) is 0 Å². The number of benzene rings is 4. The number of carboxylic acid groups (broad SMARTS) is 1. The highest BCUT2D eigenvalue weighted by Crippen LogP contribution is 2.36. The van der Waals surface area contributed by atoms with Gasteiger partial charge in [0.15, 0.2) is 5.78 Å². The Balaban J connectivity index is 1.53. The van der Waals surface area contributed by atoms with Gasteiger partial charge in [-0.05, 0) is 53.5 Å². The van der Waals surface area contributed by atoms with Crippen LogP contribution in [0.2, 0.25) is 0 Å². The van der Waals surface area contributed by atoms with Crippen LogP contribution in [0.1, 0.15) is 39.5 Å². The minimum absolute atomic E-state index is 0.174. The second kappa shape index (κ2) is 12.1. The molecule has 1 heterocycles. The molecule has 0 bridgehead atoms. The van der Waals surface area contributed by atoms with E-state index in [0.717, 1.165) is 17.2 Å². The standard InChI is InChI=1S/C34H27NO5/c1-2-25-10-6-7-11-28(25)33(38)30-21-35-31-20-27(39-22-24-8-4-3-5-9-24)17-18-29(31)34(30)40-26-15-12-23(13-16-26)14-19-32(36)37/h3-21H,2,22H2,1H3,(H,36,37)/b19-14+. The van der Waals surface area contributed by atoms with Crippen LogP contribution in [0.4, 0.5) is 0 Å². The number of aliphatic carboxylic acids is 1. The van der Waals surface area contributed by atoms with Crippen LogP contribution in [0.5, 0.6) is 17.2 Å². The Hall–Kier alpha value is -5.23. The Morgan fingerprint density at radius 2 is 1.57 bits per heavy atom. The molecule has 6 heteroatoms. The average Bonchev–Trinajstić information content (AvgIpc) is 2.99. The molecule has 0 saturated heterocycles. The number of aryl methyl sites for hydroxylation is 1. The van der Waals surface area contributed by atoms with Gasteiger partial charge in [0.05, 0.1) is 11.1 Å². The number of hydrogen-bond acceptors (Lipinski definition) is 5. The van der Waals surface area contributed by atoms with E-state index in [2.05, 4.69) is 4.98 Å². The number of carbonyl (C=O) groups is 2. The van der Waals surface area contributed by atoms with E-state index in [9.17, 15) is 9.59 Å². The smallest absolute Gasteiger partial charge is 0.328 e. The molecule has 5 rings (SSSR count). The van der Waals surface area contributed by atoms with Crippen molar-refractivity contribution in [1.29, 1.82) is 0 Å². The molecule has 0 aliphatic rings. The lowest BCUT2D eigenvalue weighted by Crippen LogP contribution is -2.08. The fourth-order valence-electron chi connectivity index (χ4n) is 4.38. The van der Waals surface area contributed by atoms with E-state index >= 15 is 0 Å². The molecule has 0 atom stereocenters. The number of ether oxygens (including phenoxy) is 2. The van der Waals surface area contributed by atoms with Crippen molar-refractivity contribution >= 4 is 28.7 Å². The average molecular weight is 530 g/mol. The molecule has 0 amide bonds. The van der Waals surface area contributed by atoms with Crippen LogP contribution < -0.4 is 9.47 Å². The van der Waals surface area contributed by atoms with Gasteiger partial charge in [-0.25, -0.2) is 4.79 Å². The highest BCUT2D eigenvalue weighted by molar-refractivity contribution is 6.14. The maximum absolute atomic E-state index is 13.8. The molecular weight excluding hydrogens is 502 g/mol. The monoisotopic (exact) mass is 529 g/mol. The van der Waals surface area contributed by atoms with Crippen LogP contribution in [-0.2, 0) is 17.8 Å². The zero-order chi connectivity index (χ0) is 27.9. The van der Waals surface area contributed by atoms with Gasteiger partial charge in [-0.1, -0.05) is 73.7 Å². The Labute approximate surface area is 232 Å². The van der Waals surface area contributed by atoms with Crippen molar-refractivity contribution in [2.24, 2.45) is 0 Å². The largest absolute Gasteiger partial charge is 0.489 e. The lowest BCUT2D eigenvalue weighted by molar-refractivity contribution is -0.131. The Kier molecular flexibility index (Phi) is 7.97. The minimum Gasteiger partial charge on any atom is -0.489 e. The minimum atomic E-state index is -1.02. The summed E-state index contributed by atoms with van der Waals surface area (Å²) >= 11 is 0. The third-order valence-corrected chi connectivity index (χ3v) is 6.45. The van der Waals surface area contributed by atoms with Crippen LogP contribution >= 0.6 is 0 Å². The number of carboxylic acids is 1. The van der Waals surface area contributed by atoms with Gasteiger partial charge < -0.3 is 14.6 Å². The van der Waals surface area contributed by atoms with Crippen LogP contribution in [0.15, 0.2) is 109 Å². The fraction of sp³-hybridized carbons (Fsp3) is 0.0882. The van der Waals surface area contributed by atoms with Gasteiger partial charge in [-0.3, -0.25) is 9.78 Å². The molecule has 40 heavy (non-hydrogen) atoms. The lowest BCUT2D eigenvalue weighted by Gasteiger charge is -2.15. The maximum atomic E-state index is 13.8. The summed E-state index contributed by atoms with van der Waals surface area (Å²) in [6.45, 7) is 2.43. The first-order chi connectivity index (χ1) is 19.5. The quantitative estimate of drug-likeness (QED) is 0.149. The van der Waals surface area contributed by atoms with E-state index in [1.54, 1.807) is 30.5 Å². The molecule has 0 aliphatic carbocycles. The van der Waals surface area contributed by atoms with Crippen LogP contribution in [0, 0.1) is 0 Å². The van der Waals surface area contributed by atoms with Crippen LogP contribution in [0.3, 0.4) is 0 Å². The van der Waals surface area contributed by atoms with E-state index in [1.807, 2.05) is 79.7 Å². The lowest BCUT2D eigenvalue weighted by atomic mass is 9.96. The van der Waals surface area contributed by atoms with Crippen molar-refractivity contribution in [3.05, 3.63) is 137 Å². The highest BCUT2D eigenvalue weighted by Gasteiger charge is 2.21. The van der Waals surface area contributed by atoms with Gasteiger partial charge in [0.1, 0.15) is 23.9 Å². The maximum Gasteiger partial charge on any atom is 0.328 e. The number of nitrogens with zero attached hydrogens (tertiary/aromatic N) is 1. The zero-order valence-electron chi connectivity index (χ0n) is 21.9. The van der Waals surface area contributed by atoms with Crippen molar-refractivity contribution in [3.8, 4) is 17.2 Å². The molecule has 1 N–H and O–H groups in total. The van der Waals surface area contributed by atoms with Crippen molar-refractivity contribution in [2.45, 2.75) is 20.0 Å². The van der Waals surface area contributed by atoms with Crippen LogP contribution in [-0.4, -0.2) is 21.8 Å². The third kappa shape index (κ3) is 6.08. The van der Waals surface area contributed by atoms with E-state index in [0.29, 0.717) is 57.9 Å². The van der Waals surface area contributed by atoms with Crippen LogP contribution in [0.25, 0.3) is 17.0 Å². The van der Waals surface area contributed by atoms with Crippen molar-refractivity contribution in [1.82, 2.24) is 4.98 Å². The van der Waals surface area contributed by atoms with Crippen molar-refractivity contribution in [2.75, 3.05) is 0 Å². The summed E-state index contributed by atoms with van der Waals surface area (Å²) in [5, 5.41) is 9.56. The molecule has 1 aromatic heterocycles. The Morgan fingerprint density at radius 3 is 2.33 bits per heavy atom. The first kappa shape index (κ1) is 26.4. The number of rotatable bonds is 10. The summed E-state index contributed by atoms with van der Waals surface area (Å²) in [5.41, 5.74) is 4.29. The van der Waals surface area contributed by atoms with E-state index in [4.69, 9.17) is 14.6 Å². The van der Waals surface area contributed by atoms with Gasteiger partial charge >= 0.3 is 5.97 Å². The molecule has 0 fully saturated rings. The number of ketones is 1. The number of carbonyl (C=O) groups excluding carboxylic acids is 1. The summed E-state index contributed by atoms with van der Waals surface area (Å²) in [6, 6.07) is 29.9. The van der Waals surface area contributed by atoms with Crippen molar-refractivity contribution < 1.29 is 24.2 Å². The molecule has 198 valence electrons. The predicted octanol–water partition coefficient (Wildman–Crippen LogP) is 7.50. The fourth-order valence-corrected chi connectivity index (χ4v) is 4.38. The molecule has 5 aromatic rings. The van der Waals surface area contributed by atoms with Gasteiger partial charge in [0.2, 0.25) is 0 Å². The third-order valence-electron chi connectivity index (χ3n) is 6.45. The summed E-state index contributed by atoms with van der Waals surface area (Å²) < 4.78 is 12.3. The Morgan fingerprint density at radius 1 is 0.850 bits per heavy atom. The molecule has 6 nitrogen and oxygen atoms in total. The SMILES string of the molecule is CCc1ccccc1C(=O)c1cnc2cc(OCc3ccccc3)ccc2c1Oc1ccc(/C=C/C(=O)O)cc1. The predicted molar refractivity (Wildman–Crippen MR) is 155 cm³/mol.